The van der Waals surface area contributed by atoms with E-state index in [0.29, 0.717) is 0 Å². The second-order valence-electron chi connectivity index (χ2n) is 0.813. The zero-order chi connectivity index (χ0) is 8.57. The van der Waals surface area contributed by atoms with E-state index in [-0.39, 0.29) is 59.1 Å². The molecule has 0 aliphatic rings. The maximum Gasteiger partial charge on any atom is 1.00 e. The zero-order valence-electron chi connectivity index (χ0n) is 6.64. The Morgan fingerprint density at radius 3 is 1.75 bits per heavy atom. The molecule has 0 aromatic rings. The van der Waals surface area contributed by atoms with Crippen LogP contribution < -0.4 is 64.8 Å². The van der Waals surface area contributed by atoms with Gasteiger partial charge in [-0.05, 0) is 0 Å². The number of thiol groups is 1. The van der Waals surface area contributed by atoms with Crippen LogP contribution in [0.25, 0.3) is 5.41 Å². The van der Waals surface area contributed by atoms with Crippen LogP contribution in [0.1, 0.15) is 0 Å². The van der Waals surface area contributed by atoms with Crippen LogP contribution in [0, 0.1) is 0 Å². The summed E-state index contributed by atoms with van der Waals surface area (Å²) >= 11 is 6.91. The minimum absolute atomic E-state index is 0. The molecule has 0 saturated carbocycles. The molecule has 0 fully saturated rings. The fourth-order valence-electron chi connectivity index (χ4n) is 0.0428. The Balaban J connectivity index is -0.0000000483. The monoisotopic (exact) mass is 223 g/mol. The second-order valence-corrected chi connectivity index (χ2v) is 1.60. The number of carbonyl (C=O) groups excluding carboxylic acids is 2. The van der Waals surface area contributed by atoms with E-state index < -0.39 is 10.5 Å². The maximum atomic E-state index is 9.52. The SMILES string of the molecule is NC(=O)[S-].[N-]=C=NC(=O)S.[Na+].[Na+]. The van der Waals surface area contributed by atoms with Gasteiger partial charge in [0.2, 0.25) is 5.24 Å². The van der Waals surface area contributed by atoms with Crippen molar-refractivity contribution in [2.75, 3.05) is 0 Å². The molecular weight excluding hydrogens is 220 g/mol. The van der Waals surface area contributed by atoms with Crippen LogP contribution in [0.15, 0.2) is 4.99 Å². The summed E-state index contributed by atoms with van der Waals surface area (Å²) in [5.74, 6) is 0. The fraction of sp³-hybridized carbons (Fsp3) is 0. The number of carbonyl (C=O) groups is 2. The molecule has 0 aliphatic heterocycles. The Labute approximate surface area is 125 Å². The third-order valence-corrected chi connectivity index (χ3v) is 0.246. The number of amides is 2. The quantitative estimate of drug-likeness (QED) is 0.185. The van der Waals surface area contributed by atoms with Gasteiger partial charge in [-0.1, -0.05) is 0 Å². The molecule has 0 radical (unpaired) electrons. The average molecular weight is 223 g/mol. The molecule has 2 N–H and O–H groups in total. The molecule has 0 heterocycles. The van der Waals surface area contributed by atoms with Gasteiger partial charge in [0, 0.05) is 0 Å². The number of rotatable bonds is 0. The molecule has 5 nitrogen and oxygen atoms in total. The van der Waals surface area contributed by atoms with E-state index >= 15 is 0 Å². The topological polar surface area (TPSA) is 94.8 Å². The molecule has 56 valence electrons. The van der Waals surface area contributed by atoms with Gasteiger partial charge in [0.25, 0.3) is 0 Å². The molecule has 0 spiro atoms. The third kappa shape index (κ3) is 67.5. The van der Waals surface area contributed by atoms with Crippen molar-refractivity contribution in [2.45, 2.75) is 0 Å². The van der Waals surface area contributed by atoms with Crippen LogP contribution in [0.2, 0.25) is 0 Å². The molecule has 0 bridgehead atoms. The number of nitrogens with two attached hydrogens (primary N) is 1. The number of primary amides is 1. The van der Waals surface area contributed by atoms with Crippen LogP contribution >= 0.6 is 12.6 Å². The third-order valence-electron chi connectivity index (χ3n) is 0.146. The van der Waals surface area contributed by atoms with E-state index in [1.807, 2.05) is 0 Å². The van der Waals surface area contributed by atoms with Crippen molar-refractivity contribution in [3.8, 4) is 0 Å². The molecule has 12 heavy (non-hydrogen) atoms. The molecule has 0 aromatic heterocycles. The Kier molecular flexibility index (Phi) is 34.7. The second kappa shape index (κ2) is 18.0. The van der Waals surface area contributed by atoms with E-state index in [2.05, 4.69) is 36.0 Å². The summed E-state index contributed by atoms with van der Waals surface area (Å²) < 4.78 is 0. The molecule has 0 unspecified atom stereocenters. The number of hydrogen-bond donors (Lipinski definition) is 2. The minimum Gasteiger partial charge on any atom is -0.719 e. The van der Waals surface area contributed by atoms with Crippen LogP contribution in [0.3, 0.4) is 0 Å². The first-order chi connectivity index (χ1) is 4.50. The van der Waals surface area contributed by atoms with Gasteiger partial charge >= 0.3 is 59.1 Å². The Hall–Kier alpha value is 1.09. The van der Waals surface area contributed by atoms with Gasteiger partial charge in [0.15, 0.2) is 0 Å². The number of hydrogen-bond acceptors (Lipinski definition) is 3. The van der Waals surface area contributed by atoms with E-state index in [0.717, 1.165) is 0 Å². The Bertz CT molecular complexity index is 178. The van der Waals surface area contributed by atoms with Gasteiger partial charge in [-0.2, -0.15) is 0 Å². The van der Waals surface area contributed by atoms with Crippen LogP contribution in [0.4, 0.5) is 9.59 Å². The normalized spacial score (nSPS) is 5.08. The molecule has 0 aromatic carbocycles. The fourth-order valence-corrected chi connectivity index (χ4v) is 0.0875. The van der Waals surface area contributed by atoms with Gasteiger partial charge in [0.1, 0.15) is 0 Å². The molecule has 9 heteroatoms. The largest absolute Gasteiger partial charge is 1.00 e. The van der Waals surface area contributed by atoms with E-state index in [1.54, 1.807) is 0 Å². The molecular formula is C3H3N3Na2O2S2. The van der Waals surface area contributed by atoms with Gasteiger partial charge in [-0.3, -0.25) is 4.79 Å². The van der Waals surface area contributed by atoms with Crippen molar-refractivity contribution >= 4 is 41.7 Å². The smallest absolute Gasteiger partial charge is 0.719 e. The number of aliphatic imine (C=N–C) groups is 1. The van der Waals surface area contributed by atoms with Gasteiger partial charge < -0.3 is 33.6 Å². The molecule has 0 aliphatic carbocycles. The maximum absolute atomic E-state index is 9.52. The van der Waals surface area contributed by atoms with Gasteiger partial charge in [-0.15, -0.1) is 18.6 Å². The predicted octanol–water partition coefficient (Wildman–Crippen LogP) is -5.60. The summed E-state index contributed by atoms with van der Waals surface area (Å²) in [4.78, 5) is 21.2. The first-order valence-electron chi connectivity index (χ1n) is 1.80. The van der Waals surface area contributed by atoms with Gasteiger partial charge in [-0.25, -0.2) is 0 Å². The molecule has 0 saturated heterocycles. The Morgan fingerprint density at radius 2 is 1.75 bits per heavy atom. The summed E-state index contributed by atoms with van der Waals surface area (Å²) in [6.07, 6.45) is 0. The van der Waals surface area contributed by atoms with Crippen molar-refractivity contribution in [1.29, 1.82) is 0 Å². The van der Waals surface area contributed by atoms with E-state index in [1.165, 1.54) is 6.01 Å². The first-order valence-corrected chi connectivity index (χ1v) is 2.65. The molecule has 0 rings (SSSR count). The van der Waals surface area contributed by atoms with Crippen molar-refractivity contribution in [2.24, 2.45) is 10.7 Å². The van der Waals surface area contributed by atoms with Gasteiger partial charge in [0.05, 0.1) is 5.24 Å². The zero-order valence-corrected chi connectivity index (χ0v) is 12.4. The summed E-state index contributed by atoms with van der Waals surface area (Å²) in [5, 5.41) is 6.05. The summed E-state index contributed by atoms with van der Waals surface area (Å²) in [6.45, 7) is 0. The predicted molar refractivity (Wildman–Crippen MR) is 42.1 cm³/mol. The minimum atomic E-state index is -0.752. The van der Waals surface area contributed by atoms with E-state index in [4.69, 9.17) is 10.2 Å². The van der Waals surface area contributed by atoms with Crippen LogP contribution in [0.5, 0.6) is 0 Å². The number of nitrogens with zero attached hydrogens (tertiary/aromatic N) is 2. The van der Waals surface area contributed by atoms with Crippen molar-refractivity contribution in [3.05, 3.63) is 5.41 Å². The average Bonchev–Trinajstić information content (AvgIpc) is 1.62. The first kappa shape index (κ1) is 23.2. The van der Waals surface area contributed by atoms with Crippen molar-refractivity contribution in [1.82, 2.24) is 0 Å². The Morgan fingerprint density at radius 1 is 1.50 bits per heavy atom. The summed E-state index contributed by atoms with van der Waals surface area (Å²) in [5.41, 5.74) is 4.29. The summed E-state index contributed by atoms with van der Waals surface area (Å²) in [7, 11) is 0. The van der Waals surface area contributed by atoms with Crippen molar-refractivity contribution < 1.29 is 68.7 Å². The van der Waals surface area contributed by atoms with Crippen molar-refractivity contribution in [3.63, 3.8) is 0 Å². The van der Waals surface area contributed by atoms with E-state index in [9.17, 15) is 4.79 Å². The van der Waals surface area contributed by atoms with Crippen LogP contribution in [-0.2, 0) is 12.6 Å². The summed E-state index contributed by atoms with van der Waals surface area (Å²) in [6, 6.07) is 1.27. The van der Waals surface area contributed by atoms with Crippen LogP contribution in [-0.4, -0.2) is 16.5 Å². The standard InChI is InChI=1S/C2HN2OS.CH3NOS.2Na/c3-1-4-2(5)6;2-1(3)4;;/h(H,5,6);(H3,2,3,4);;/q-1;;2*+1/p-1. The molecule has 0 atom stereocenters. The molecule has 2 amide bonds.